The summed E-state index contributed by atoms with van der Waals surface area (Å²) in [6, 6.07) is 7.44. The van der Waals surface area contributed by atoms with Crippen molar-refractivity contribution in [1.29, 1.82) is 0 Å². The minimum Gasteiger partial charge on any atom is -0.607 e. The second-order valence-electron chi connectivity index (χ2n) is 4.16. The van der Waals surface area contributed by atoms with E-state index in [1.54, 1.807) is 12.1 Å². The number of carbonyl (C=O) groups excluding carboxylic acids is 1. The van der Waals surface area contributed by atoms with Crippen molar-refractivity contribution >= 4 is 27.1 Å². The second kappa shape index (κ2) is 5.10. The predicted octanol–water partition coefficient (Wildman–Crippen LogP) is 0.386. The van der Waals surface area contributed by atoms with Crippen LogP contribution in [0.3, 0.4) is 0 Å². The minimum atomic E-state index is -3.96. The summed E-state index contributed by atoms with van der Waals surface area (Å²) in [6.45, 7) is 0. The number of carbonyl (C=O) groups is 1. The van der Waals surface area contributed by atoms with Crippen molar-refractivity contribution in [2.24, 2.45) is 0 Å². The van der Waals surface area contributed by atoms with Crippen molar-refractivity contribution in [3.05, 3.63) is 48.3 Å². The molecule has 21 heavy (non-hydrogen) atoms. The van der Waals surface area contributed by atoms with Crippen molar-refractivity contribution in [2.75, 3.05) is 5.88 Å². The van der Waals surface area contributed by atoms with Gasteiger partial charge in [-0.1, -0.05) is 12.1 Å². The highest BCUT2D eigenvalue weighted by atomic mass is 32.2. The highest BCUT2D eigenvalue weighted by Gasteiger charge is 2.43. The first-order valence-electron chi connectivity index (χ1n) is 5.83. The monoisotopic (exact) mass is 323 g/mol. The molecule has 7 nitrogen and oxygen atoms in total. The van der Waals surface area contributed by atoms with Crippen molar-refractivity contribution < 1.29 is 17.8 Å². The Bertz CT molecular complexity index is 795. The zero-order valence-electron chi connectivity index (χ0n) is 10.5. The molecule has 2 aromatic rings. The zero-order chi connectivity index (χ0) is 15.0. The third kappa shape index (κ3) is 2.28. The van der Waals surface area contributed by atoms with Gasteiger partial charge in [0.1, 0.15) is 4.90 Å². The van der Waals surface area contributed by atoms with E-state index in [4.69, 9.17) is 0 Å². The number of amides is 1. The van der Waals surface area contributed by atoms with E-state index >= 15 is 0 Å². The molecule has 2 heterocycles. The molecule has 0 bridgehead atoms. The quantitative estimate of drug-likeness (QED) is 0.598. The molecule has 0 saturated heterocycles. The summed E-state index contributed by atoms with van der Waals surface area (Å²) in [7, 11) is -3.96. The van der Waals surface area contributed by atoms with Crippen LogP contribution in [-0.4, -0.2) is 39.0 Å². The molecule has 0 saturated carbocycles. The second-order valence-corrected chi connectivity index (χ2v) is 7.31. The van der Waals surface area contributed by atoms with E-state index < -0.39 is 33.0 Å². The summed E-state index contributed by atoms with van der Waals surface area (Å²) in [5, 5.41) is -0.0172. The molecule has 9 heteroatoms. The Morgan fingerprint density at radius 3 is 2.48 bits per heavy atom. The molecule has 0 N–H and O–H groups in total. The Labute approximate surface area is 123 Å². The van der Waals surface area contributed by atoms with Crippen LogP contribution < -0.4 is 0 Å². The van der Waals surface area contributed by atoms with Gasteiger partial charge in [-0.15, -0.1) is 0 Å². The predicted molar refractivity (Wildman–Crippen MR) is 73.1 cm³/mol. The summed E-state index contributed by atoms with van der Waals surface area (Å²) in [5.41, 5.74) is 0.0866. The first-order chi connectivity index (χ1) is 10.0. The number of hydrogen-bond donors (Lipinski definition) is 0. The fourth-order valence-corrected chi connectivity index (χ4v) is 4.81. The van der Waals surface area contributed by atoms with Crippen LogP contribution in [0.4, 0.5) is 0 Å². The third-order valence-electron chi connectivity index (χ3n) is 2.89. The van der Waals surface area contributed by atoms with Crippen molar-refractivity contribution in [1.82, 2.24) is 14.3 Å². The van der Waals surface area contributed by atoms with Crippen LogP contribution in [0.1, 0.15) is 10.4 Å². The van der Waals surface area contributed by atoms with Crippen LogP contribution in [-0.2, 0) is 21.2 Å². The lowest BCUT2D eigenvalue weighted by Gasteiger charge is -2.16. The highest BCUT2D eigenvalue weighted by Crippen LogP contribution is 2.30. The minimum absolute atomic E-state index is 0.0172. The zero-order valence-corrected chi connectivity index (χ0v) is 12.2. The van der Waals surface area contributed by atoms with Crippen LogP contribution in [0.25, 0.3) is 0 Å². The molecule has 1 atom stereocenters. The molecule has 0 spiro atoms. The molecule has 1 aromatic carbocycles. The van der Waals surface area contributed by atoms with Crippen molar-refractivity contribution in [2.45, 2.75) is 10.1 Å². The Morgan fingerprint density at radius 1 is 1.14 bits per heavy atom. The van der Waals surface area contributed by atoms with Gasteiger partial charge in [-0.25, -0.2) is 8.42 Å². The Morgan fingerprint density at radius 2 is 1.81 bits per heavy atom. The lowest BCUT2D eigenvalue weighted by atomic mass is 10.2. The number of fused-ring (bicyclic) bond motifs is 1. The van der Waals surface area contributed by atoms with Crippen molar-refractivity contribution in [3.8, 4) is 0 Å². The maximum absolute atomic E-state index is 12.3. The number of benzene rings is 1. The SMILES string of the molecule is O=C1c2ccccc2S(=O)(=O)N1C[S+]([O-])c1ncccn1. The van der Waals surface area contributed by atoms with Gasteiger partial charge in [-0.05, 0) is 18.2 Å². The van der Waals surface area contributed by atoms with Crippen LogP contribution in [0.15, 0.2) is 52.8 Å². The summed E-state index contributed by atoms with van der Waals surface area (Å²) in [4.78, 5) is 19.7. The van der Waals surface area contributed by atoms with Crippen LogP contribution in [0.5, 0.6) is 0 Å². The standard InChI is InChI=1S/C12H9N3O4S2/c16-11-9-4-1-2-5-10(9)21(18,19)15(11)8-20(17)12-13-6-3-7-14-12/h1-7H,8H2. The van der Waals surface area contributed by atoms with E-state index in [9.17, 15) is 17.8 Å². The van der Waals surface area contributed by atoms with E-state index in [1.165, 1.54) is 30.6 Å². The fraction of sp³-hybridized carbons (Fsp3) is 0.0833. The highest BCUT2D eigenvalue weighted by molar-refractivity contribution is 7.94. The molecule has 108 valence electrons. The van der Waals surface area contributed by atoms with Crippen LogP contribution >= 0.6 is 0 Å². The summed E-state index contributed by atoms with van der Waals surface area (Å²) in [6.07, 6.45) is 2.80. The molecule has 1 unspecified atom stereocenters. The summed E-state index contributed by atoms with van der Waals surface area (Å²) >= 11 is -1.83. The molecule has 1 aliphatic heterocycles. The first kappa shape index (κ1) is 14.0. The molecule has 1 amide bonds. The lowest BCUT2D eigenvalue weighted by Crippen LogP contribution is -2.35. The normalized spacial score (nSPS) is 17.6. The first-order valence-corrected chi connectivity index (χ1v) is 8.59. The van der Waals surface area contributed by atoms with Gasteiger partial charge in [0.25, 0.3) is 15.9 Å². The van der Waals surface area contributed by atoms with Crippen LogP contribution in [0.2, 0.25) is 0 Å². The Kier molecular flexibility index (Phi) is 3.40. The number of hydrogen-bond acceptors (Lipinski definition) is 6. The van der Waals surface area contributed by atoms with Gasteiger partial charge >= 0.3 is 5.16 Å². The van der Waals surface area contributed by atoms with Gasteiger partial charge in [-0.3, -0.25) is 4.79 Å². The molecular weight excluding hydrogens is 314 g/mol. The summed E-state index contributed by atoms with van der Waals surface area (Å²) < 4.78 is 37.3. The third-order valence-corrected chi connectivity index (χ3v) is 5.95. The van der Waals surface area contributed by atoms with Gasteiger partial charge in [0.15, 0.2) is 0 Å². The van der Waals surface area contributed by atoms with Gasteiger partial charge in [0, 0.05) is 23.6 Å². The van der Waals surface area contributed by atoms with Crippen LogP contribution in [0, 0.1) is 0 Å². The molecular formula is C12H9N3O4S2. The average Bonchev–Trinajstić information content (AvgIpc) is 2.70. The van der Waals surface area contributed by atoms with E-state index in [0.717, 1.165) is 0 Å². The smallest absolute Gasteiger partial charge is 0.344 e. The number of aromatic nitrogens is 2. The Balaban J connectivity index is 1.93. The lowest BCUT2D eigenvalue weighted by molar-refractivity contribution is 0.0885. The molecule has 3 rings (SSSR count). The van der Waals surface area contributed by atoms with Gasteiger partial charge in [0.05, 0.1) is 5.56 Å². The van der Waals surface area contributed by atoms with Crippen molar-refractivity contribution in [3.63, 3.8) is 0 Å². The van der Waals surface area contributed by atoms with Gasteiger partial charge in [0.2, 0.25) is 5.88 Å². The summed E-state index contributed by atoms with van der Waals surface area (Å²) in [5.74, 6) is -1.19. The molecule has 0 radical (unpaired) electrons. The largest absolute Gasteiger partial charge is 0.607 e. The van der Waals surface area contributed by atoms with Gasteiger partial charge in [-0.2, -0.15) is 14.3 Å². The molecule has 1 aliphatic rings. The fourth-order valence-electron chi connectivity index (χ4n) is 1.93. The van der Waals surface area contributed by atoms with E-state index in [-0.39, 0.29) is 15.6 Å². The number of nitrogens with zero attached hydrogens (tertiary/aromatic N) is 3. The molecule has 0 aliphatic carbocycles. The number of rotatable bonds is 3. The van der Waals surface area contributed by atoms with E-state index in [0.29, 0.717) is 4.31 Å². The number of sulfonamides is 1. The van der Waals surface area contributed by atoms with Gasteiger partial charge < -0.3 is 4.55 Å². The maximum atomic E-state index is 12.3. The van der Waals surface area contributed by atoms with E-state index in [2.05, 4.69) is 9.97 Å². The van der Waals surface area contributed by atoms with E-state index in [1.807, 2.05) is 0 Å². The molecule has 0 fully saturated rings. The molecule has 1 aromatic heterocycles. The Hall–Kier alpha value is -1.97. The average molecular weight is 323 g/mol. The topological polar surface area (TPSA) is 103 Å². The maximum Gasteiger partial charge on any atom is 0.344 e.